The Balaban J connectivity index is 1.35. The van der Waals surface area contributed by atoms with E-state index in [1.165, 1.54) is 6.08 Å². The van der Waals surface area contributed by atoms with Crippen molar-refractivity contribution < 1.29 is 32.4 Å². The standard InChI is InChI=1S/C37H59N5O7S/c1-5-21-38-33(45)30(43)27(18-17-24-15-16-24)39-32(44)29-26-13-11-12-25(26)23-42(29)34(46)31(36(2,3)4)40-35(47)41-37(19-8-6-9-20-37)28-14-7-10-22-50(28,48)49/h5,24-29,31H,1,6-23H2,2-4H3,(H,38,45)(H,39,44)(H2,40,41,47)/t25-,26-,27-,28+,29-,31+/m0/s1. The van der Waals surface area contributed by atoms with Gasteiger partial charge >= 0.3 is 6.03 Å². The molecule has 5 amide bonds. The van der Waals surface area contributed by atoms with Crippen molar-refractivity contribution >= 4 is 39.4 Å². The molecule has 2 aliphatic heterocycles. The molecule has 5 fully saturated rings. The molecule has 4 N–H and O–H groups in total. The van der Waals surface area contributed by atoms with Crippen LogP contribution in [0.1, 0.15) is 117 Å². The number of fused-ring (bicyclic) bond motifs is 1. The van der Waals surface area contributed by atoms with Gasteiger partial charge in [-0.25, -0.2) is 13.2 Å². The third-order valence-electron chi connectivity index (χ3n) is 12.0. The van der Waals surface area contributed by atoms with Gasteiger partial charge in [0.1, 0.15) is 12.1 Å². The number of nitrogens with one attached hydrogen (secondary N) is 4. The smallest absolute Gasteiger partial charge is 0.315 e. The molecule has 280 valence electrons. The van der Waals surface area contributed by atoms with E-state index in [0.717, 1.165) is 64.2 Å². The fourth-order valence-electron chi connectivity index (χ4n) is 9.11. The van der Waals surface area contributed by atoms with Crippen molar-refractivity contribution in [1.29, 1.82) is 0 Å². The van der Waals surface area contributed by atoms with E-state index in [1.807, 2.05) is 20.8 Å². The van der Waals surface area contributed by atoms with Gasteiger partial charge in [-0.05, 0) is 74.5 Å². The van der Waals surface area contributed by atoms with Gasteiger partial charge in [0.15, 0.2) is 9.84 Å². The number of likely N-dealkylation sites (tertiary alicyclic amines) is 1. The molecule has 0 bridgehead atoms. The Hall–Kier alpha value is -2.96. The summed E-state index contributed by atoms with van der Waals surface area (Å²) in [7, 11) is -3.39. The molecule has 3 aliphatic carbocycles. The number of rotatable bonds is 13. The zero-order valence-corrected chi connectivity index (χ0v) is 31.1. The average Bonchev–Trinajstić information content (AvgIpc) is 3.66. The van der Waals surface area contributed by atoms with Crippen LogP contribution < -0.4 is 21.3 Å². The summed E-state index contributed by atoms with van der Waals surface area (Å²) in [6, 6.07) is -3.42. The molecule has 2 heterocycles. The molecule has 0 aromatic carbocycles. The molecule has 12 nitrogen and oxygen atoms in total. The summed E-state index contributed by atoms with van der Waals surface area (Å²) in [6.45, 7) is 9.66. The first-order valence-corrected chi connectivity index (χ1v) is 20.7. The number of hydrogen-bond acceptors (Lipinski definition) is 7. The minimum Gasteiger partial charge on any atom is -0.346 e. The second-order valence-electron chi connectivity index (χ2n) is 16.7. The summed E-state index contributed by atoms with van der Waals surface area (Å²) in [4.78, 5) is 70.2. The Morgan fingerprint density at radius 1 is 0.920 bits per heavy atom. The molecule has 0 radical (unpaired) electrons. The number of amides is 5. The number of sulfone groups is 1. The van der Waals surface area contributed by atoms with Crippen LogP contribution in [0.3, 0.4) is 0 Å². The molecular weight excluding hydrogens is 659 g/mol. The number of urea groups is 1. The molecule has 13 heteroatoms. The Kier molecular flexibility index (Phi) is 12.0. The Morgan fingerprint density at radius 2 is 1.64 bits per heavy atom. The van der Waals surface area contributed by atoms with Gasteiger partial charge in [-0.3, -0.25) is 19.2 Å². The van der Waals surface area contributed by atoms with Crippen molar-refractivity contribution in [3.8, 4) is 0 Å². The zero-order valence-electron chi connectivity index (χ0n) is 30.3. The lowest BCUT2D eigenvalue weighted by atomic mass is 9.77. The maximum atomic E-state index is 14.6. The van der Waals surface area contributed by atoms with E-state index in [0.29, 0.717) is 44.6 Å². The summed E-state index contributed by atoms with van der Waals surface area (Å²) < 4.78 is 26.6. The van der Waals surface area contributed by atoms with E-state index in [2.05, 4.69) is 27.8 Å². The van der Waals surface area contributed by atoms with Crippen LogP contribution in [-0.2, 0) is 29.0 Å². The molecule has 50 heavy (non-hydrogen) atoms. The van der Waals surface area contributed by atoms with Gasteiger partial charge in [0.25, 0.3) is 5.91 Å². The first kappa shape index (κ1) is 38.3. The normalized spacial score (nSPS) is 28.4. The van der Waals surface area contributed by atoms with Gasteiger partial charge in [0.2, 0.25) is 17.6 Å². The van der Waals surface area contributed by atoms with Crippen molar-refractivity contribution in [2.75, 3.05) is 18.8 Å². The summed E-state index contributed by atoms with van der Waals surface area (Å²) in [5.41, 5.74) is -1.63. The first-order chi connectivity index (χ1) is 23.7. The van der Waals surface area contributed by atoms with Gasteiger partial charge in [0, 0.05) is 13.1 Å². The van der Waals surface area contributed by atoms with E-state index in [4.69, 9.17) is 0 Å². The van der Waals surface area contributed by atoms with Crippen LogP contribution in [0.15, 0.2) is 12.7 Å². The number of carbonyl (C=O) groups is 5. The second-order valence-corrected chi connectivity index (χ2v) is 19.0. The van der Waals surface area contributed by atoms with Crippen LogP contribution in [-0.4, -0.2) is 90.6 Å². The first-order valence-electron chi connectivity index (χ1n) is 19.0. The highest BCUT2D eigenvalue weighted by Gasteiger charge is 2.53. The highest BCUT2D eigenvalue weighted by molar-refractivity contribution is 7.92. The van der Waals surface area contributed by atoms with E-state index in [1.54, 1.807) is 4.90 Å². The van der Waals surface area contributed by atoms with Crippen molar-refractivity contribution in [1.82, 2.24) is 26.2 Å². The highest BCUT2D eigenvalue weighted by Crippen LogP contribution is 2.44. The zero-order chi connectivity index (χ0) is 36.3. The molecule has 5 rings (SSSR count). The van der Waals surface area contributed by atoms with Crippen LogP contribution in [0.4, 0.5) is 4.79 Å². The molecule has 5 aliphatic rings. The van der Waals surface area contributed by atoms with Gasteiger partial charge < -0.3 is 26.2 Å². The molecule has 0 unspecified atom stereocenters. The van der Waals surface area contributed by atoms with E-state index in [-0.39, 0.29) is 30.0 Å². The predicted molar refractivity (Wildman–Crippen MR) is 191 cm³/mol. The molecule has 0 spiro atoms. The lowest BCUT2D eigenvalue weighted by Crippen LogP contribution is -2.66. The number of Topliss-reactive ketones (excluding diaryl/α,β-unsaturated/α-hetero) is 1. The van der Waals surface area contributed by atoms with E-state index < -0.39 is 67.8 Å². The molecular formula is C37H59N5O7S. The average molecular weight is 718 g/mol. The minimum absolute atomic E-state index is 0.0933. The fourth-order valence-corrected chi connectivity index (χ4v) is 11.5. The Morgan fingerprint density at radius 3 is 2.28 bits per heavy atom. The number of carbonyl (C=O) groups excluding carboxylic acids is 5. The second kappa shape index (κ2) is 15.7. The third kappa shape index (κ3) is 8.73. The molecule has 3 saturated carbocycles. The van der Waals surface area contributed by atoms with Crippen LogP contribution >= 0.6 is 0 Å². The monoisotopic (exact) mass is 717 g/mol. The third-order valence-corrected chi connectivity index (χ3v) is 14.4. The summed E-state index contributed by atoms with van der Waals surface area (Å²) in [5, 5.41) is 10.8. The lowest BCUT2D eigenvalue weighted by molar-refractivity contribution is -0.144. The van der Waals surface area contributed by atoms with Gasteiger partial charge in [-0.2, -0.15) is 0 Å². The van der Waals surface area contributed by atoms with Crippen LogP contribution in [0, 0.1) is 23.2 Å². The number of hydrogen-bond donors (Lipinski definition) is 4. The summed E-state index contributed by atoms with van der Waals surface area (Å²) >= 11 is 0. The Bertz CT molecular complexity index is 1410. The number of nitrogens with zero attached hydrogens (tertiary/aromatic N) is 1. The largest absolute Gasteiger partial charge is 0.346 e. The fraction of sp³-hybridized carbons (Fsp3) is 0.811. The maximum Gasteiger partial charge on any atom is 0.315 e. The molecule has 0 aromatic heterocycles. The maximum absolute atomic E-state index is 14.6. The molecule has 2 saturated heterocycles. The van der Waals surface area contributed by atoms with Crippen LogP contribution in [0.5, 0.6) is 0 Å². The van der Waals surface area contributed by atoms with Crippen molar-refractivity contribution in [3.63, 3.8) is 0 Å². The Labute approximate surface area is 298 Å². The molecule has 6 atom stereocenters. The van der Waals surface area contributed by atoms with Gasteiger partial charge in [0.05, 0.1) is 22.6 Å². The van der Waals surface area contributed by atoms with Crippen molar-refractivity contribution in [2.45, 2.75) is 146 Å². The van der Waals surface area contributed by atoms with Crippen LogP contribution in [0.2, 0.25) is 0 Å². The van der Waals surface area contributed by atoms with Gasteiger partial charge in [-0.15, -0.1) is 6.58 Å². The minimum atomic E-state index is -3.39. The van der Waals surface area contributed by atoms with Crippen LogP contribution in [0.25, 0.3) is 0 Å². The highest BCUT2D eigenvalue weighted by atomic mass is 32.2. The summed E-state index contributed by atoms with van der Waals surface area (Å²) in [5.74, 6) is -1.68. The predicted octanol–water partition coefficient (Wildman–Crippen LogP) is 3.54. The topological polar surface area (TPSA) is 171 Å². The summed E-state index contributed by atoms with van der Waals surface area (Å²) in [6.07, 6.45) is 13.0. The van der Waals surface area contributed by atoms with Gasteiger partial charge in [-0.1, -0.05) is 71.8 Å². The lowest BCUT2D eigenvalue weighted by Gasteiger charge is -2.45. The van der Waals surface area contributed by atoms with Crippen molar-refractivity contribution in [3.05, 3.63) is 12.7 Å². The molecule has 0 aromatic rings. The van der Waals surface area contributed by atoms with E-state index in [9.17, 15) is 32.4 Å². The number of ketones is 1. The van der Waals surface area contributed by atoms with E-state index >= 15 is 0 Å². The SMILES string of the molecule is C=CCNC(=O)C(=O)[C@H](CCC1CC1)NC(=O)[C@@H]1[C@H]2CCC[C@H]2CN1C(=O)[C@@H](NC(=O)NC1([C@H]2CCCCS2(=O)=O)CCCCC1)C(C)(C)C. The quantitative estimate of drug-likeness (QED) is 0.167. The van der Waals surface area contributed by atoms with Crippen molar-refractivity contribution in [2.24, 2.45) is 23.2 Å².